The molecule has 364 valence electrons. The van der Waals surface area contributed by atoms with E-state index in [9.17, 15) is 15.0 Å². The SMILES string of the molecule is CCCCCCCCCC/C=C\CCCCCCCCCCCC(=O)NC(CO)C(O)CCCCCCCCCCCCCCCCCCCCCCCCCCCCCC. The largest absolute Gasteiger partial charge is 0.394 e. The van der Waals surface area contributed by atoms with Crippen LogP contribution in [0.15, 0.2) is 12.2 Å². The maximum Gasteiger partial charge on any atom is 0.220 e. The van der Waals surface area contributed by atoms with Crippen molar-refractivity contribution in [3.05, 3.63) is 12.2 Å². The molecule has 0 aromatic heterocycles. The maximum atomic E-state index is 12.5. The minimum Gasteiger partial charge on any atom is -0.394 e. The third kappa shape index (κ3) is 50.0. The summed E-state index contributed by atoms with van der Waals surface area (Å²) < 4.78 is 0. The molecule has 61 heavy (non-hydrogen) atoms. The summed E-state index contributed by atoms with van der Waals surface area (Å²) in [6.07, 6.45) is 69.2. The van der Waals surface area contributed by atoms with Crippen LogP contribution in [0, 0.1) is 0 Å². The second-order valence-electron chi connectivity index (χ2n) is 19.7. The van der Waals surface area contributed by atoms with Crippen molar-refractivity contribution in [2.45, 2.75) is 341 Å². The lowest BCUT2D eigenvalue weighted by Crippen LogP contribution is -2.45. The van der Waals surface area contributed by atoms with Crippen LogP contribution in [-0.2, 0) is 4.79 Å². The Kier molecular flexibility index (Phi) is 52.7. The second-order valence-corrected chi connectivity index (χ2v) is 19.7. The van der Waals surface area contributed by atoms with E-state index >= 15 is 0 Å². The Bertz CT molecular complexity index is 844. The number of amides is 1. The van der Waals surface area contributed by atoms with Gasteiger partial charge in [-0.1, -0.05) is 296 Å². The standard InChI is InChI=1S/C57H113NO3/c1-3-5-7-9-11-13-15-17-19-21-23-25-26-27-28-29-30-31-33-34-36-38-40-42-44-46-48-50-52-56(60)55(54-59)58-57(61)53-51-49-47-45-43-41-39-37-35-32-24-22-20-18-16-14-12-10-8-6-4-2/h22,24,55-56,59-60H,3-21,23,25-54H2,1-2H3,(H,58,61)/b24-22-. The summed E-state index contributed by atoms with van der Waals surface area (Å²) in [5.74, 6) is -0.0274. The lowest BCUT2D eigenvalue weighted by molar-refractivity contribution is -0.123. The van der Waals surface area contributed by atoms with Crippen LogP contribution in [0.4, 0.5) is 0 Å². The molecule has 4 nitrogen and oxygen atoms in total. The molecule has 0 aromatic rings. The third-order valence-corrected chi connectivity index (χ3v) is 13.5. The first-order chi connectivity index (χ1) is 30.2. The van der Waals surface area contributed by atoms with E-state index in [0.29, 0.717) is 12.8 Å². The van der Waals surface area contributed by atoms with Gasteiger partial charge < -0.3 is 15.5 Å². The van der Waals surface area contributed by atoms with Gasteiger partial charge >= 0.3 is 0 Å². The molecular weight excluding hydrogens is 747 g/mol. The van der Waals surface area contributed by atoms with Gasteiger partial charge in [0.2, 0.25) is 5.91 Å². The fraction of sp³-hybridized carbons (Fsp3) is 0.947. The highest BCUT2D eigenvalue weighted by Crippen LogP contribution is 2.18. The van der Waals surface area contributed by atoms with Gasteiger partial charge in [0.1, 0.15) is 0 Å². The number of carbonyl (C=O) groups is 1. The molecule has 0 saturated heterocycles. The monoisotopic (exact) mass is 860 g/mol. The molecule has 2 atom stereocenters. The van der Waals surface area contributed by atoms with Crippen molar-refractivity contribution in [2.75, 3.05) is 6.61 Å². The summed E-state index contributed by atoms with van der Waals surface area (Å²) in [4.78, 5) is 12.5. The molecule has 0 spiro atoms. The van der Waals surface area contributed by atoms with E-state index in [1.54, 1.807) is 0 Å². The van der Waals surface area contributed by atoms with Gasteiger partial charge in [0.25, 0.3) is 0 Å². The number of hydrogen-bond acceptors (Lipinski definition) is 3. The minimum atomic E-state index is -0.659. The maximum absolute atomic E-state index is 12.5. The quantitative estimate of drug-likeness (QED) is 0.0421. The molecule has 3 N–H and O–H groups in total. The summed E-state index contributed by atoms with van der Waals surface area (Å²) in [6.45, 7) is 4.40. The van der Waals surface area contributed by atoms with Crippen molar-refractivity contribution in [1.82, 2.24) is 5.32 Å². The van der Waals surface area contributed by atoms with E-state index in [4.69, 9.17) is 0 Å². The van der Waals surface area contributed by atoms with E-state index in [2.05, 4.69) is 31.3 Å². The molecule has 0 aliphatic rings. The zero-order chi connectivity index (χ0) is 44.2. The number of unbranched alkanes of at least 4 members (excludes halogenated alkanes) is 44. The molecule has 0 aromatic carbocycles. The third-order valence-electron chi connectivity index (χ3n) is 13.5. The first-order valence-electron chi connectivity index (χ1n) is 28.4. The molecule has 0 radical (unpaired) electrons. The summed E-state index contributed by atoms with van der Waals surface area (Å²) in [6, 6.07) is -0.535. The van der Waals surface area contributed by atoms with Gasteiger partial charge in [-0.15, -0.1) is 0 Å². The Balaban J connectivity index is 3.42. The number of allylic oxidation sites excluding steroid dienone is 2. The van der Waals surface area contributed by atoms with Crippen LogP contribution >= 0.6 is 0 Å². The van der Waals surface area contributed by atoms with E-state index in [1.165, 1.54) is 276 Å². The molecule has 0 saturated carbocycles. The molecule has 0 aliphatic carbocycles. The zero-order valence-corrected chi connectivity index (χ0v) is 42.0. The molecule has 0 fully saturated rings. The van der Waals surface area contributed by atoms with Crippen molar-refractivity contribution in [3.8, 4) is 0 Å². The van der Waals surface area contributed by atoms with Gasteiger partial charge in [-0.2, -0.15) is 0 Å². The van der Waals surface area contributed by atoms with Crippen LogP contribution in [0.5, 0.6) is 0 Å². The van der Waals surface area contributed by atoms with Crippen molar-refractivity contribution >= 4 is 5.91 Å². The van der Waals surface area contributed by atoms with Gasteiger partial charge in [-0.25, -0.2) is 0 Å². The van der Waals surface area contributed by atoms with E-state index in [-0.39, 0.29) is 12.5 Å². The number of nitrogens with one attached hydrogen (secondary N) is 1. The van der Waals surface area contributed by atoms with Gasteiger partial charge in [-0.05, 0) is 38.5 Å². The smallest absolute Gasteiger partial charge is 0.220 e. The summed E-state index contributed by atoms with van der Waals surface area (Å²) >= 11 is 0. The van der Waals surface area contributed by atoms with Crippen molar-refractivity contribution in [2.24, 2.45) is 0 Å². The Hall–Kier alpha value is -0.870. The van der Waals surface area contributed by atoms with Crippen LogP contribution in [-0.4, -0.2) is 34.9 Å². The van der Waals surface area contributed by atoms with Gasteiger partial charge in [0.15, 0.2) is 0 Å². The van der Waals surface area contributed by atoms with Crippen LogP contribution < -0.4 is 5.32 Å². The lowest BCUT2D eigenvalue weighted by Gasteiger charge is -2.22. The van der Waals surface area contributed by atoms with Crippen molar-refractivity contribution in [3.63, 3.8) is 0 Å². The summed E-state index contributed by atoms with van der Waals surface area (Å²) in [5.41, 5.74) is 0. The average molecular weight is 861 g/mol. The van der Waals surface area contributed by atoms with Crippen molar-refractivity contribution in [1.29, 1.82) is 0 Å². The van der Waals surface area contributed by atoms with Crippen LogP contribution in [0.2, 0.25) is 0 Å². The highest BCUT2D eigenvalue weighted by Gasteiger charge is 2.20. The summed E-state index contributed by atoms with van der Waals surface area (Å²) in [5, 5.41) is 23.3. The zero-order valence-electron chi connectivity index (χ0n) is 42.0. The molecule has 2 unspecified atom stereocenters. The Morgan fingerprint density at radius 1 is 0.377 bits per heavy atom. The van der Waals surface area contributed by atoms with Gasteiger partial charge in [0, 0.05) is 6.42 Å². The highest BCUT2D eigenvalue weighted by atomic mass is 16.3. The normalized spacial score (nSPS) is 12.8. The van der Waals surface area contributed by atoms with E-state index < -0.39 is 12.1 Å². The fourth-order valence-corrected chi connectivity index (χ4v) is 9.18. The van der Waals surface area contributed by atoms with Crippen LogP contribution in [0.3, 0.4) is 0 Å². The van der Waals surface area contributed by atoms with Crippen LogP contribution in [0.25, 0.3) is 0 Å². The number of carbonyl (C=O) groups excluding carboxylic acids is 1. The Morgan fingerprint density at radius 2 is 0.623 bits per heavy atom. The molecule has 4 heteroatoms. The number of rotatable bonds is 53. The van der Waals surface area contributed by atoms with Crippen LogP contribution in [0.1, 0.15) is 328 Å². The molecule has 0 heterocycles. The predicted octanol–water partition coefficient (Wildman–Crippen LogP) is 18.5. The Morgan fingerprint density at radius 3 is 0.902 bits per heavy atom. The highest BCUT2D eigenvalue weighted by molar-refractivity contribution is 5.76. The second kappa shape index (κ2) is 53.5. The minimum absolute atomic E-state index is 0.0274. The number of aliphatic hydroxyl groups is 2. The average Bonchev–Trinajstić information content (AvgIpc) is 3.26. The molecule has 1 amide bonds. The topological polar surface area (TPSA) is 69.6 Å². The van der Waals surface area contributed by atoms with Gasteiger partial charge in [0.05, 0.1) is 18.8 Å². The van der Waals surface area contributed by atoms with Gasteiger partial charge in [-0.3, -0.25) is 4.79 Å². The molecule has 0 bridgehead atoms. The fourth-order valence-electron chi connectivity index (χ4n) is 9.18. The number of aliphatic hydroxyl groups excluding tert-OH is 2. The molecular formula is C57H113NO3. The summed E-state index contributed by atoms with van der Waals surface area (Å²) in [7, 11) is 0. The Labute approximate surface area is 384 Å². The predicted molar refractivity (Wildman–Crippen MR) is 272 cm³/mol. The first kappa shape index (κ1) is 60.1. The first-order valence-corrected chi connectivity index (χ1v) is 28.4. The molecule has 0 aliphatic heterocycles. The number of hydrogen-bond donors (Lipinski definition) is 3. The lowest BCUT2D eigenvalue weighted by atomic mass is 10.0. The van der Waals surface area contributed by atoms with Crippen molar-refractivity contribution < 1.29 is 15.0 Å². The van der Waals surface area contributed by atoms with E-state index in [1.807, 2.05) is 0 Å². The molecule has 0 rings (SSSR count). The van der Waals surface area contributed by atoms with E-state index in [0.717, 1.165) is 25.7 Å².